The molecule has 0 spiro atoms. The summed E-state index contributed by atoms with van der Waals surface area (Å²) in [4.78, 5) is 37.1. The Labute approximate surface area is 185 Å². The molecule has 1 N–H and O–H groups in total. The number of thiophene rings is 1. The summed E-state index contributed by atoms with van der Waals surface area (Å²) in [6.07, 6.45) is 0. The number of nitrogens with one attached hydrogen (secondary N) is 1. The first-order valence-corrected chi connectivity index (χ1v) is 10.9. The number of anilines is 1. The molecule has 1 aromatic carbocycles. The third kappa shape index (κ3) is 5.14. The number of halogens is 1. The van der Waals surface area contributed by atoms with Crippen LogP contribution in [0.25, 0.3) is 5.69 Å². The summed E-state index contributed by atoms with van der Waals surface area (Å²) >= 11 is 2.06. The fourth-order valence-corrected chi connectivity index (χ4v) is 4.52. The van der Waals surface area contributed by atoms with Crippen molar-refractivity contribution in [2.24, 2.45) is 0 Å². The number of nitrogens with zero attached hydrogens (tertiary/aromatic N) is 4. The molecule has 0 saturated heterocycles. The lowest BCUT2D eigenvalue weighted by Crippen LogP contribution is -2.17. The zero-order valence-corrected chi connectivity index (χ0v) is 18.5. The fraction of sp³-hybridized carbons (Fsp3) is 0.263. The van der Waals surface area contributed by atoms with E-state index in [-0.39, 0.29) is 33.9 Å². The van der Waals surface area contributed by atoms with E-state index in [2.05, 4.69) is 20.8 Å². The van der Waals surface area contributed by atoms with Gasteiger partial charge >= 0.3 is 5.97 Å². The molecule has 3 aromatic rings. The standard InChI is InChI=1S/C19H18FN5O4S2/c1-4-29-18(28)15-10(2)16(11(3)26)31-17(15)21-14(27)9-30-19-22-23-24-25(19)13-7-5-6-12(20)8-13/h5-8H,4,9H2,1-3H3,(H,21,27). The van der Waals surface area contributed by atoms with Crippen molar-refractivity contribution < 1.29 is 23.5 Å². The largest absolute Gasteiger partial charge is 0.462 e. The molecule has 2 heterocycles. The SMILES string of the molecule is CCOC(=O)c1c(NC(=O)CSc2nnnn2-c2cccc(F)c2)sc(C(C)=O)c1C. The van der Waals surface area contributed by atoms with Crippen molar-refractivity contribution in [1.82, 2.24) is 20.2 Å². The van der Waals surface area contributed by atoms with E-state index in [4.69, 9.17) is 4.74 Å². The number of aromatic nitrogens is 4. The van der Waals surface area contributed by atoms with Gasteiger partial charge in [0.2, 0.25) is 11.1 Å². The molecule has 1 amide bonds. The normalized spacial score (nSPS) is 10.7. The Kier molecular flexibility index (Phi) is 7.13. The molecule has 0 saturated carbocycles. The topological polar surface area (TPSA) is 116 Å². The van der Waals surface area contributed by atoms with Crippen LogP contribution < -0.4 is 5.32 Å². The van der Waals surface area contributed by atoms with Gasteiger partial charge in [-0.25, -0.2) is 9.18 Å². The number of Topliss-reactive ketones (excluding diaryl/α,β-unsaturated/α-hetero) is 1. The van der Waals surface area contributed by atoms with Gasteiger partial charge in [-0.2, -0.15) is 4.68 Å². The zero-order valence-electron chi connectivity index (χ0n) is 16.8. The number of amides is 1. The van der Waals surface area contributed by atoms with Crippen LogP contribution in [0, 0.1) is 12.7 Å². The van der Waals surface area contributed by atoms with Gasteiger partial charge in [0.05, 0.1) is 28.5 Å². The average molecular weight is 464 g/mol. The van der Waals surface area contributed by atoms with Gasteiger partial charge in [-0.1, -0.05) is 17.8 Å². The van der Waals surface area contributed by atoms with Gasteiger partial charge in [-0.3, -0.25) is 9.59 Å². The minimum Gasteiger partial charge on any atom is -0.462 e. The lowest BCUT2D eigenvalue weighted by atomic mass is 10.1. The van der Waals surface area contributed by atoms with Crippen molar-refractivity contribution in [3.63, 3.8) is 0 Å². The smallest absolute Gasteiger partial charge is 0.341 e. The zero-order chi connectivity index (χ0) is 22.5. The number of thioether (sulfide) groups is 1. The number of hydrogen-bond acceptors (Lipinski definition) is 9. The summed E-state index contributed by atoms with van der Waals surface area (Å²) in [6, 6.07) is 5.72. The number of hydrogen-bond donors (Lipinski definition) is 1. The van der Waals surface area contributed by atoms with Crippen LogP contribution in [0.4, 0.5) is 9.39 Å². The lowest BCUT2D eigenvalue weighted by Gasteiger charge is -2.07. The van der Waals surface area contributed by atoms with Crippen molar-refractivity contribution in [2.45, 2.75) is 25.9 Å². The summed E-state index contributed by atoms with van der Waals surface area (Å²) in [6.45, 7) is 4.86. The molecule has 0 unspecified atom stereocenters. The number of carbonyl (C=O) groups excluding carboxylic acids is 3. The highest BCUT2D eigenvalue weighted by Gasteiger charge is 2.25. The highest BCUT2D eigenvalue weighted by molar-refractivity contribution is 7.99. The predicted molar refractivity (Wildman–Crippen MR) is 113 cm³/mol. The number of benzene rings is 1. The summed E-state index contributed by atoms with van der Waals surface area (Å²) in [5.74, 6) is -1.77. The quantitative estimate of drug-likeness (QED) is 0.307. The maximum absolute atomic E-state index is 13.5. The molecule has 0 aliphatic rings. The lowest BCUT2D eigenvalue weighted by molar-refractivity contribution is -0.113. The summed E-state index contributed by atoms with van der Waals surface area (Å²) in [5, 5.41) is 14.5. The predicted octanol–water partition coefficient (Wildman–Crippen LogP) is 3.28. The van der Waals surface area contributed by atoms with E-state index in [1.165, 1.54) is 29.8 Å². The number of tetrazole rings is 1. The molecule has 0 aliphatic heterocycles. The van der Waals surface area contributed by atoms with Gasteiger partial charge in [-0.05, 0) is 55.0 Å². The van der Waals surface area contributed by atoms with Crippen LogP contribution in [0.15, 0.2) is 29.4 Å². The Bertz CT molecular complexity index is 1140. The van der Waals surface area contributed by atoms with E-state index in [0.29, 0.717) is 16.1 Å². The molecule has 162 valence electrons. The molecule has 31 heavy (non-hydrogen) atoms. The Morgan fingerprint density at radius 3 is 2.77 bits per heavy atom. The Morgan fingerprint density at radius 2 is 2.10 bits per heavy atom. The molecular formula is C19H18FN5O4S2. The van der Waals surface area contributed by atoms with Gasteiger partial charge in [0, 0.05) is 0 Å². The maximum atomic E-state index is 13.5. The number of ketones is 1. The van der Waals surface area contributed by atoms with Gasteiger partial charge < -0.3 is 10.1 Å². The van der Waals surface area contributed by atoms with Crippen molar-refractivity contribution in [2.75, 3.05) is 17.7 Å². The first-order valence-electron chi connectivity index (χ1n) is 9.10. The molecule has 0 radical (unpaired) electrons. The highest BCUT2D eigenvalue weighted by Crippen LogP contribution is 2.34. The summed E-state index contributed by atoms with van der Waals surface area (Å²) in [5.41, 5.74) is 1.05. The van der Waals surface area contributed by atoms with Crippen LogP contribution in [0.2, 0.25) is 0 Å². The second-order valence-corrected chi connectivity index (χ2v) is 8.19. The molecule has 0 aliphatic carbocycles. The van der Waals surface area contributed by atoms with Crippen LogP contribution in [0.1, 0.15) is 39.4 Å². The van der Waals surface area contributed by atoms with E-state index < -0.39 is 17.7 Å². The van der Waals surface area contributed by atoms with Gasteiger partial charge in [0.25, 0.3) is 0 Å². The highest BCUT2D eigenvalue weighted by atomic mass is 32.2. The van der Waals surface area contributed by atoms with E-state index in [1.807, 2.05) is 0 Å². The third-order valence-electron chi connectivity index (χ3n) is 4.03. The number of ether oxygens (including phenoxy) is 1. The monoisotopic (exact) mass is 463 g/mol. The molecule has 3 rings (SSSR count). The summed E-state index contributed by atoms with van der Waals surface area (Å²) in [7, 11) is 0. The summed E-state index contributed by atoms with van der Waals surface area (Å²) < 4.78 is 19.9. The van der Waals surface area contributed by atoms with E-state index in [0.717, 1.165) is 23.1 Å². The number of carbonyl (C=O) groups is 3. The average Bonchev–Trinajstić information content (AvgIpc) is 3.31. The number of rotatable bonds is 8. The molecular weight excluding hydrogens is 445 g/mol. The fourth-order valence-electron chi connectivity index (χ4n) is 2.72. The molecule has 0 bridgehead atoms. The van der Waals surface area contributed by atoms with E-state index in [1.54, 1.807) is 19.9 Å². The second-order valence-electron chi connectivity index (χ2n) is 6.23. The molecule has 12 heteroatoms. The van der Waals surface area contributed by atoms with Crippen LogP contribution in [-0.4, -0.2) is 50.2 Å². The van der Waals surface area contributed by atoms with Crippen LogP contribution in [0.3, 0.4) is 0 Å². The van der Waals surface area contributed by atoms with E-state index in [9.17, 15) is 18.8 Å². The number of esters is 1. The Balaban J connectivity index is 1.75. The first-order chi connectivity index (χ1) is 14.8. The maximum Gasteiger partial charge on any atom is 0.341 e. The first kappa shape index (κ1) is 22.6. The molecule has 2 aromatic heterocycles. The van der Waals surface area contributed by atoms with Crippen molar-refractivity contribution in [1.29, 1.82) is 0 Å². The van der Waals surface area contributed by atoms with Crippen LogP contribution >= 0.6 is 23.1 Å². The minimum atomic E-state index is -0.609. The van der Waals surface area contributed by atoms with Crippen LogP contribution in [0.5, 0.6) is 0 Å². The van der Waals surface area contributed by atoms with Gasteiger partial charge in [0.15, 0.2) is 5.78 Å². The van der Waals surface area contributed by atoms with Gasteiger partial charge in [0.1, 0.15) is 10.8 Å². The molecule has 9 nitrogen and oxygen atoms in total. The van der Waals surface area contributed by atoms with E-state index >= 15 is 0 Å². The third-order valence-corrected chi connectivity index (χ3v) is 6.25. The van der Waals surface area contributed by atoms with Gasteiger partial charge in [-0.15, -0.1) is 16.4 Å². The Hall–Kier alpha value is -3.12. The second kappa shape index (κ2) is 9.79. The van der Waals surface area contributed by atoms with Crippen molar-refractivity contribution in [3.05, 3.63) is 46.1 Å². The molecule has 0 fully saturated rings. The minimum absolute atomic E-state index is 0.0791. The van der Waals surface area contributed by atoms with Crippen molar-refractivity contribution >= 4 is 45.8 Å². The molecule has 0 atom stereocenters. The Morgan fingerprint density at radius 1 is 1.32 bits per heavy atom. The van der Waals surface area contributed by atoms with Crippen molar-refractivity contribution in [3.8, 4) is 5.69 Å². The van der Waals surface area contributed by atoms with Crippen LogP contribution in [-0.2, 0) is 9.53 Å².